The van der Waals surface area contributed by atoms with Crippen LogP contribution in [0.4, 0.5) is 0 Å². The summed E-state index contributed by atoms with van der Waals surface area (Å²) in [5.41, 5.74) is 2.37. The first-order valence-corrected chi connectivity index (χ1v) is 12.3. The highest BCUT2D eigenvalue weighted by molar-refractivity contribution is 7.89. The highest BCUT2D eigenvalue weighted by Gasteiger charge is 2.17. The number of benzene rings is 2. The van der Waals surface area contributed by atoms with Crippen LogP contribution in [0.25, 0.3) is 10.6 Å². The molecule has 31 heavy (non-hydrogen) atoms. The van der Waals surface area contributed by atoms with Crippen LogP contribution in [0.15, 0.2) is 54.6 Å². The molecule has 0 aliphatic rings. The molecule has 0 bridgehead atoms. The molecule has 0 spiro atoms. The van der Waals surface area contributed by atoms with Gasteiger partial charge in [0.2, 0.25) is 10.0 Å². The van der Waals surface area contributed by atoms with E-state index in [4.69, 9.17) is 4.74 Å². The van der Waals surface area contributed by atoms with Crippen LogP contribution in [0.2, 0.25) is 0 Å². The first-order chi connectivity index (χ1) is 14.9. The van der Waals surface area contributed by atoms with Gasteiger partial charge in [-0.15, -0.1) is 11.3 Å². The summed E-state index contributed by atoms with van der Waals surface area (Å²) in [7, 11) is -3.50. The Labute approximate surface area is 186 Å². The van der Waals surface area contributed by atoms with E-state index in [0.717, 1.165) is 21.9 Å². The number of nitrogens with zero attached hydrogens (tertiary/aromatic N) is 1. The Bertz CT molecular complexity index is 1110. The molecule has 0 fully saturated rings. The number of carbonyl (C=O) groups is 1. The summed E-state index contributed by atoms with van der Waals surface area (Å²) < 4.78 is 32.3. The van der Waals surface area contributed by atoms with Crippen molar-refractivity contribution in [3.05, 3.63) is 70.7 Å². The van der Waals surface area contributed by atoms with Crippen LogP contribution >= 0.6 is 11.3 Å². The van der Waals surface area contributed by atoms with Crippen molar-refractivity contribution >= 4 is 27.3 Å². The van der Waals surface area contributed by atoms with E-state index in [1.54, 1.807) is 6.92 Å². The molecular formula is C22H25N3O4S2. The molecule has 0 saturated carbocycles. The number of amides is 1. The number of thiazole rings is 1. The van der Waals surface area contributed by atoms with E-state index in [-0.39, 0.29) is 24.7 Å². The van der Waals surface area contributed by atoms with Crippen molar-refractivity contribution in [1.29, 1.82) is 0 Å². The Morgan fingerprint density at radius 3 is 2.48 bits per heavy atom. The van der Waals surface area contributed by atoms with Crippen LogP contribution in [0.3, 0.4) is 0 Å². The molecule has 3 aromatic rings. The average Bonchev–Trinajstić information content (AvgIpc) is 3.15. The number of hydrogen-bond donors (Lipinski definition) is 2. The van der Waals surface area contributed by atoms with Crippen LogP contribution in [0, 0.1) is 6.92 Å². The predicted molar refractivity (Wildman–Crippen MR) is 123 cm³/mol. The van der Waals surface area contributed by atoms with E-state index in [1.807, 2.05) is 61.5 Å². The molecule has 3 rings (SSSR count). The minimum Gasteiger partial charge on any atom is -0.494 e. The zero-order valence-corrected chi connectivity index (χ0v) is 19.1. The summed E-state index contributed by atoms with van der Waals surface area (Å²) in [6, 6.07) is 16.8. The topological polar surface area (TPSA) is 97.4 Å². The van der Waals surface area contributed by atoms with Crippen LogP contribution in [-0.2, 0) is 16.6 Å². The maximum Gasteiger partial charge on any atom is 0.263 e. The van der Waals surface area contributed by atoms with Gasteiger partial charge in [0.25, 0.3) is 5.91 Å². The Balaban J connectivity index is 1.54. The van der Waals surface area contributed by atoms with Gasteiger partial charge < -0.3 is 10.1 Å². The Morgan fingerprint density at radius 2 is 1.81 bits per heavy atom. The van der Waals surface area contributed by atoms with Crippen LogP contribution < -0.4 is 14.8 Å². The number of carbonyl (C=O) groups excluding carboxylic acids is 1. The quantitative estimate of drug-likeness (QED) is 0.485. The number of aromatic nitrogens is 1. The van der Waals surface area contributed by atoms with Crippen molar-refractivity contribution in [1.82, 2.24) is 15.0 Å². The highest BCUT2D eigenvalue weighted by Crippen LogP contribution is 2.29. The molecule has 164 valence electrons. The van der Waals surface area contributed by atoms with Gasteiger partial charge in [0.1, 0.15) is 15.6 Å². The molecular weight excluding hydrogens is 434 g/mol. The van der Waals surface area contributed by atoms with Gasteiger partial charge in [-0.05, 0) is 43.7 Å². The lowest BCUT2D eigenvalue weighted by atomic mass is 10.2. The van der Waals surface area contributed by atoms with E-state index in [2.05, 4.69) is 15.0 Å². The fourth-order valence-corrected chi connectivity index (χ4v) is 4.72. The lowest BCUT2D eigenvalue weighted by Gasteiger charge is -2.08. The van der Waals surface area contributed by atoms with Gasteiger partial charge in [-0.3, -0.25) is 4.79 Å². The normalized spacial score (nSPS) is 11.3. The zero-order valence-electron chi connectivity index (χ0n) is 17.4. The number of sulfonamides is 1. The summed E-state index contributed by atoms with van der Waals surface area (Å²) in [6.45, 7) is 4.52. The maximum atomic E-state index is 12.5. The first-order valence-electron chi connectivity index (χ1n) is 9.88. The first kappa shape index (κ1) is 22.9. The predicted octanol–water partition coefficient (Wildman–Crippen LogP) is 3.37. The molecule has 0 saturated heterocycles. The van der Waals surface area contributed by atoms with Crippen LogP contribution in [0.1, 0.15) is 27.9 Å². The second-order valence-electron chi connectivity index (χ2n) is 6.77. The molecule has 1 aromatic heterocycles. The fraction of sp³-hybridized carbons (Fsp3) is 0.273. The smallest absolute Gasteiger partial charge is 0.263 e. The van der Waals surface area contributed by atoms with Crippen molar-refractivity contribution in [3.63, 3.8) is 0 Å². The summed E-state index contributed by atoms with van der Waals surface area (Å²) in [5.74, 6) is 0.250. The molecule has 0 aliphatic heterocycles. The van der Waals surface area contributed by atoms with Gasteiger partial charge >= 0.3 is 0 Å². The molecule has 1 heterocycles. The monoisotopic (exact) mass is 459 g/mol. The molecule has 9 heteroatoms. The van der Waals surface area contributed by atoms with Gasteiger partial charge in [-0.2, -0.15) is 0 Å². The van der Waals surface area contributed by atoms with Crippen molar-refractivity contribution in [3.8, 4) is 16.3 Å². The third kappa shape index (κ3) is 6.61. The van der Waals surface area contributed by atoms with E-state index < -0.39 is 10.0 Å². The average molecular weight is 460 g/mol. The molecule has 0 unspecified atom stereocenters. The van der Waals surface area contributed by atoms with Crippen LogP contribution in [-0.4, -0.2) is 38.2 Å². The van der Waals surface area contributed by atoms with E-state index in [0.29, 0.717) is 17.2 Å². The largest absolute Gasteiger partial charge is 0.494 e. The van der Waals surface area contributed by atoms with E-state index >= 15 is 0 Å². The second-order valence-corrected chi connectivity index (χ2v) is 9.70. The van der Waals surface area contributed by atoms with Gasteiger partial charge in [0, 0.05) is 18.7 Å². The molecule has 0 atom stereocenters. The number of ether oxygens (including phenoxy) is 1. The van der Waals surface area contributed by atoms with Gasteiger partial charge in [-0.1, -0.05) is 30.3 Å². The molecule has 1 amide bonds. The molecule has 0 aliphatic carbocycles. The second kappa shape index (κ2) is 10.5. The summed E-state index contributed by atoms with van der Waals surface area (Å²) in [5, 5.41) is 3.40. The van der Waals surface area contributed by atoms with Crippen molar-refractivity contribution in [2.75, 3.05) is 18.9 Å². The van der Waals surface area contributed by atoms with Crippen molar-refractivity contribution in [2.45, 2.75) is 20.4 Å². The SMILES string of the molecule is CCOc1ccc(-c2nc(C)c(C(=O)NCCS(=O)(=O)NCc3ccccc3)s2)cc1. The lowest BCUT2D eigenvalue weighted by Crippen LogP contribution is -2.34. The number of nitrogens with one attached hydrogen (secondary N) is 2. The van der Waals surface area contributed by atoms with Gasteiger partial charge in [-0.25, -0.2) is 18.1 Å². The minimum absolute atomic E-state index is 0.0126. The minimum atomic E-state index is -3.50. The Morgan fingerprint density at radius 1 is 1.10 bits per heavy atom. The van der Waals surface area contributed by atoms with Gasteiger partial charge in [0.05, 0.1) is 18.1 Å². The number of rotatable bonds is 10. The molecule has 2 N–H and O–H groups in total. The van der Waals surface area contributed by atoms with Crippen molar-refractivity contribution < 1.29 is 17.9 Å². The van der Waals surface area contributed by atoms with Crippen molar-refractivity contribution in [2.24, 2.45) is 0 Å². The van der Waals surface area contributed by atoms with E-state index in [9.17, 15) is 13.2 Å². The molecule has 2 aromatic carbocycles. The highest BCUT2D eigenvalue weighted by atomic mass is 32.2. The third-order valence-corrected chi connectivity index (χ3v) is 6.94. The zero-order chi connectivity index (χ0) is 22.3. The third-order valence-electron chi connectivity index (χ3n) is 4.41. The van der Waals surface area contributed by atoms with Gasteiger partial charge in [0.15, 0.2) is 0 Å². The molecule has 0 radical (unpaired) electrons. The molecule has 7 nitrogen and oxygen atoms in total. The summed E-state index contributed by atoms with van der Waals surface area (Å²) in [6.07, 6.45) is 0. The number of hydrogen-bond acceptors (Lipinski definition) is 6. The Kier molecular flexibility index (Phi) is 7.78. The lowest BCUT2D eigenvalue weighted by molar-refractivity contribution is 0.0959. The maximum absolute atomic E-state index is 12.5. The fourth-order valence-electron chi connectivity index (χ4n) is 2.83. The Hall–Kier alpha value is -2.75. The summed E-state index contributed by atoms with van der Waals surface area (Å²) in [4.78, 5) is 17.5. The number of aryl methyl sites for hydroxylation is 1. The van der Waals surface area contributed by atoms with Crippen LogP contribution in [0.5, 0.6) is 5.75 Å². The summed E-state index contributed by atoms with van der Waals surface area (Å²) >= 11 is 1.28. The van der Waals surface area contributed by atoms with E-state index in [1.165, 1.54) is 11.3 Å². The standard InChI is InChI=1S/C22H25N3O4S2/c1-3-29-19-11-9-18(10-12-19)22-25-16(2)20(30-22)21(26)23-13-14-31(27,28)24-15-17-7-5-4-6-8-17/h4-12,24H,3,13-15H2,1-2H3,(H,23,26).